The molecular weight excluding hydrogens is 533 g/mol. The fraction of sp³-hybridized carbons (Fsp3) is 0.481. The highest BCUT2D eigenvalue weighted by molar-refractivity contribution is 7.92. The first-order valence-electron chi connectivity index (χ1n) is 12.3. The highest BCUT2D eigenvalue weighted by Crippen LogP contribution is 2.28. The molecular formula is C27H37Cl2N3O4S. The van der Waals surface area contributed by atoms with Gasteiger partial charge in [0.25, 0.3) is 0 Å². The van der Waals surface area contributed by atoms with Gasteiger partial charge in [-0.15, -0.1) is 0 Å². The van der Waals surface area contributed by atoms with Crippen molar-refractivity contribution in [1.82, 2.24) is 10.2 Å². The van der Waals surface area contributed by atoms with E-state index in [0.29, 0.717) is 34.3 Å². The van der Waals surface area contributed by atoms with Crippen molar-refractivity contribution >= 4 is 50.7 Å². The predicted octanol–water partition coefficient (Wildman–Crippen LogP) is 5.46. The van der Waals surface area contributed by atoms with E-state index >= 15 is 0 Å². The molecule has 7 nitrogen and oxygen atoms in total. The van der Waals surface area contributed by atoms with Gasteiger partial charge in [0.1, 0.15) is 12.6 Å². The molecule has 2 amide bonds. The van der Waals surface area contributed by atoms with Crippen LogP contribution in [0.1, 0.15) is 58.1 Å². The van der Waals surface area contributed by atoms with Crippen molar-refractivity contribution in [2.45, 2.75) is 59.5 Å². The molecule has 0 aromatic heterocycles. The molecule has 2 rings (SSSR count). The second kappa shape index (κ2) is 13.5. The Morgan fingerprint density at radius 2 is 1.54 bits per heavy atom. The molecule has 1 unspecified atom stereocenters. The molecule has 0 heterocycles. The molecule has 0 bridgehead atoms. The molecule has 0 aliphatic heterocycles. The minimum atomic E-state index is -3.81. The number of halogens is 2. The number of anilines is 1. The highest BCUT2D eigenvalue weighted by Gasteiger charge is 2.32. The monoisotopic (exact) mass is 569 g/mol. The van der Waals surface area contributed by atoms with Crippen molar-refractivity contribution in [2.75, 3.05) is 23.7 Å². The summed E-state index contributed by atoms with van der Waals surface area (Å²) in [5.41, 5.74) is 1.90. The summed E-state index contributed by atoms with van der Waals surface area (Å²) in [7, 11) is -3.81. The van der Waals surface area contributed by atoms with Gasteiger partial charge in [-0.1, -0.05) is 76.0 Å². The number of amides is 2. The highest BCUT2D eigenvalue weighted by atomic mass is 35.5. The zero-order chi connectivity index (χ0) is 27.9. The number of benzene rings is 2. The Morgan fingerprint density at radius 1 is 0.973 bits per heavy atom. The number of sulfonamides is 1. The molecule has 2 aromatic rings. The lowest BCUT2D eigenvalue weighted by molar-refractivity contribution is -0.140. The molecule has 37 heavy (non-hydrogen) atoms. The van der Waals surface area contributed by atoms with Crippen LogP contribution in [0.15, 0.2) is 42.5 Å². The molecule has 1 atom stereocenters. The van der Waals surface area contributed by atoms with Crippen molar-refractivity contribution in [2.24, 2.45) is 5.92 Å². The second-order valence-corrected chi connectivity index (χ2v) is 12.5. The molecule has 0 saturated carbocycles. The largest absolute Gasteiger partial charge is 0.354 e. The molecule has 204 valence electrons. The molecule has 0 fully saturated rings. The topological polar surface area (TPSA) is 86.8 Å². The Bertz CT molecular complexity index is 1160. The lowest BCUT2D eigenvalue weighted by atomic mass is 10.0. The normalized spacial score (nSPS) is 12.5. The lowest BCUT2D eigenvalue weighted by Crippen LogP contribution is -2.52. The van der Waals surface area contributed by atoms with Crippen molar-refractivity contribution < 1.29 is 18.0 Å². The third kappa shape index (κ3) is 8.62. The maximum Gasteiger partial charge on any atom is 0.244 e. The molecule has 2 aromatic carbocycles. The van der Waals surface area contributed by atoms with Gasteiger partial charge in [-0.25, -0.2) is 8.42 Å². The standard InChI is InChI=1S/C27H37Cl2N3O4S/c1-7-25(27(34)30-15-18(2)3)31(16-22-23(28)9-8-10-24(22)29)26(33)17-32(37(6,35)36)21-13-11-20(12-14-21)19(4)5/h8-14,18-19,25H,7,15-17H2,1-6H3,(H,30,34). The number of carbonyl (C=O) groups is 2. The maximum atomic E-state index is 13.8. The molecule has 10 heteroatoms. The third-order valence-corrected chi connectivity index (χ3v) is 7.84. The van der Waals surface area contributed by atoms with Crippen LogP contribution in [-0.2, 0) is 26.2 Å². The number of nitrogens with one attached hydrogen (secondary N) is 1. The van der Waals surface area contributed by atoms with Gasteiger partial charge in [-0.3, -0.25) is 13.9 Å². The van der Waals surface area contributed by atoms with Crippen LogP contribution < -0.4 is 9.62 Å². The Hall–Kier alpha value is -2.29. The summed E-state index contributed by atoms with van der Waals surface area (Å²) < 4.78 is 26.6. The summed E-state index contributed by atoms with van der Waals surface area (Å²) in [5.74, 6) is -0.369. The van der Waals surface area contributed by atoms with Gasteiger partial charge in [0, 0.05) is 28.7 Å². The number of hydrogen-bond acceptors (Lipinski definition) is 4. The number of nitrogens with zero attached hydrogens (tertiary/aromatic N) is 2. The molecule has 0 radical (unpaired) electrons. The molecule has 0 spiro atoms. The van der Waals surface area contributed by atoms with Gasteiger partial charge >= 0.3 is 0 Å². The van der Waals surface area contributed by atoms with Gasteiger partial charge in [0.05, 0.1) is 11.9 Å². The van der Waals surface area contributed by atoms with Crippen LogP contribution in [0.4, 0.5) is 5.69 Å². The van der Waals surface area contributed by atoms with E-state index < -0.39 is 28.5 Å². The van der Waals surface area contributed by atoms with Crippen LogP contribution in [0, 0.1) is 5.92 Å². The fourth-order valence-corrected chi connectivity index (χ4v) is 5.20. The summed E-state index contributed by atoms with van der Waals surface area (Å²) in [6.07, 6.45) is 1.37. The van der Waals surface area contributed by atoms with E-state index in [9.17, 15) is 18.0 Å². The third-order valence-electron chi connectivity index (χ3n) is 5.99. The van der Waals surface area contributed by atoms with Crippen LogP contribution >= 0.6 is 23.2 Å². The van der Waals surface area contributed by atoms with E-state index in [2.05, 4.69) is 5.32 Å². The lowest BCUT2D eigenvalue weighted by Gasteiger charge is -2.33. The summed E-state index contributed by atoms with van der Waals surface area (Å²) in [6.45, 7) is 9.75. The Morgan fingerprint density at radius 3 is 2.00 bits per heavy atom. The van der Waals surface area contributed by atoms with E-state index in [-0.39, 0.29) is 24.3 Å². The summed E-state index contributed by atoms with van der Waals surface area (Å²) in [5, 5.41) is 3.59. The summed E-state index contributed by atoms with van der Waals surface area (Å²) >= 11 is 12.8. The predicted molar refractivity (Wildman–Crippen MR) is 152 cm³/mol. The smallest absolute Gasteiger partial charge is 0.244 e. The quantitative estimate of drug-likeness (QED) is 0.367. The van der Waals surface area contributed by atoms with Crippen molar-refractivity contribution in [1.29, 1.82) is 0 Å². The van der Waals surface area contributed by atoms with Crippen LogP contribution in [0.25, 0.3) is 0 Å². The Balaban J connectivity index is 2.48. The van der Waals surface area contributed by atoms with Crippen LogP contribution in [0.3, 0.4) is 0 Å². The number of hydrogen-bond donors (Lipinski definition) is 1. The minimum absolute atomic E-state index is 0.0468. The van der Waals surface area contributed by atoms with E-state index in [1.165, 1.54) is 4.90 Å². The summed E-state index contributed by atoms with van der Waals surface area (Å²) in [4.78, 5) is 28.3. The van der Waals surface area contributed by atoms with Crippen molar-refractivity contribution in [3.63, 3.8) is 0 Å². The molecule has 0 saturated heterocycles. The average molecular weight is 571 g/mol. The van der Waals surface area contributed by atoms with Gasteiger partial charge in [0.15, 0.2) is 0 Å². The average Bonchev–Trinajstić information content (AvgIpc) is 2.82. The fourth-order valence-electron chi connectivity index (χ4n) is 3.83. The number of carbonyl (C=O) groups excluding carboxylic acids is 2. The van der Waals surface area contributed by atoms with Gasteiger partial charge in [0.2, 0.25) is 21.8 Å². The Labute approximate surface area is 231 Å². The van der Waals surface area contributed by atoms with Crippen LogP contribution in [-0.4, -0.2) is 50.5 Å². The van der Waals surface area contributed by atoms with Gasteiger partial charge in [-0.05, 0) is 48.1 Å². The SMILES string of the molecule is CCC(C(=O)NCC(C)C)N(Cc1c(Cl)cccc1Cl)C(=O)CN(c1ccc(C(C)C)cc1)S(C)(=O)=O. The van der Waals surface area contributed by atoms with E-state index in [1.54, 1.807) is 37.3 Å². The molecule has 0 aliphatic carbocycles. The summed E-state index contributed by atoms with van der Waals surface area (Å²) in [6, 6.07) is 11.2. The zero-order valence-electron chi connectivity index (χ0n) is 22.3. The van der Waals surface area contributed by atoms with Crippen LogP contribution in [0.5, 0.6) is 0 Å². The first-order valence-corrected chi connectivity index (χ1v) is 14.9. The first kappa shape index (κ1) is 30.9. The molecule has 1 N–H and O–H groups in total. The van der Waals surface area contributed by atoms with E-state index in [1.807, 2.05) is 39.8 Å². The van der Waals surface area contributed by atoms with Crippen molar-refractivity contribution in [3.05, 3.63) is 63.6 Å². The zero-order valence-corrected chi connectivity index (χ0v) is 24.6. The van der Waals surface area contributed by atoms with Gasteiger partial charge in [-0.2, -0.15) is 0 Å². The Kier molecular flexibility index (Phi) is 11.3. The maximum absolute atomic E-state index is 13.8. The number of rotatable bonds is 12. The van der Waals surface area contributed by atoms with E-state index in [4.69, 9.17) is 23.2 Å². The minimum Gasteiger partial charge on any atom is -0.354 e. The van der Waals surface area contributed by atoms with Crippen molar-refractivity contribution in [3.8, 4) is 0 Å². The molecule has 0 aliphatic rings. The second-order valence-electron chi connectivity index (χ2n) is 9.80. The van der Waals surface area contributed by atoms with Crippen LogP contribution in [0.2, 0.25) is 10.0 Å². The van der Waals surface area contributed by atoms with Gasteiger partial charge < -0.3 is 10.2 Å². The first-order chi connectivity index (χ1) is 17.3. The van der Waals surface area contributed by atoms with E-state index in [0.717, 1.165) is 16.1 Å².